The third kappa shape index (κ3) is 5.14. The summed E-state index contributed by atoms with van der Waals surface area (Å²) in [5, 5.41) is 9.35. The summed E-state index contributed by atoms with van der Waals surface area (Å²) in [6, 6.07) is 4.55. The van der Waals surface area contributed by atoms with E-state index in [1.54, 1.807) is 22.3 Å². The first-order valence-corrected chi connectivity index (χ1v) is 9.04. The van der Waals surface area contributed by atoms with Crippen LogP contribution in [0.5, 0.6) is 0 Å². The summed E-state index contributed by atoms with van der Waals surface area (Å²) in [4.78, 5) is 19.8. The Labute approximate surface area is 140 Å². The molecule has 1 fully saturated rings. The van der Waals surface area contributed by atoms with Crippen molar-refractivity contribution in [3.05, 3.63) is 35.0 Å². The van der Waals surface area contributed by atoms with E-state index in [1.807, 2.05) is 0 Å². The zero-order valence-corrected chi connectivity index (χ0v) is 14.0. The molecule has 1 atom stereocenters. The largest absolute Gasteiger partial charge is 0.352 e. The molecule has 0 aromatic carbocycles. The SMILES string of the molecule is O=C(CCCn1cncn1)NC1CCCN(Cc2cccs2)C1. The molecule has 2 aromatic heterocycles. The molecule has 23 heavy (non-hydrogen) atoms. The molecule has 7 heteroatoms. The minimum absolute atomic E-state index is 0.146. The molecule has 2 aromatic rings. The predicted octanol–water partition coefficient (Wildman–Crippen LogP) is 1.90. The van der Waals surface area contributed by atoms with Crippen LogP contribution in [0, 0.1) is 0 Å². The molecule has 1 N–H and O–H groups in total. The van der Waals surface area contributed by atoms with Crippen LogP contribution < -0.4 is 5.32 Å². The number of amides is 1. The maximum absolute atomic E-state index is 12.1. The van der Waals surface area contributed by atoms with E-state index in [9.17, 15) is 4.79 Å². The number of hydrogen-bond acceptors (Lipinski definition) is 5. The van der Waals surface area contributed by atoms with Gasteiger partial charge in [-0.05, 0) is 37.3 Å². The average molecular weight is 333 g/mol. The number of aromatic nitrogens is 3. The molecule has 3 rings (SSSR count). The Morgan fingerprint density at radius 2 is 2.43 bits per heavy atom. The fourth-order valence-corrected chi connectivity index (χ4v) is 3.74. The highest BCUT2D eigenvalue weighted by Crippen LogP contribution is 2.17. The normalized spacial score (nSPS) is 18.9. The molecular formula is C16H23N5OS. The Balaban J connectivity index is 1.37. The monoisotopic (exact) mass is 333 g/mol. The van der Waals surface area contributed by atoms with Gasteiger partial charge in [-0.15, -0.1) is 11.3 Å². The van der Waals surface area contributed by atoms with Gasteiger partial charge in [0, 0.05) is 37.0 Å². The molecule has 1 unspecified atom stereocenters. The Hall–Kier alpha value is -1.73. The van der Waals surface area contributed by atoms with Crippen LogP contribution in [0.15, 0.2) is 30.2 Å². The Bertz CT molecular complexity index is 584. The van der Waals surface area contributed by atoms with Gasteiger partial charge in [-0.3, -0.25) is 14.4 Å². The molecule has 1 saturated heterocycles. The van der Waals surface area contributed by atoms with Gasteiger partial charge in [-0.2, -0.15) is 5.10 Å². The summed E-state index contributed by atoms with van der Waals surface area (Å²) in [6.07, 6.45) is 6.76. The number of carbonyl (C=O) groups is 1. The molecule has 1 aliphatic rings. The van der Waals surface area contributed by atoms with Crippen LogP contribution in [0.1, 0.15) is 30.6 Å². The van der Waals surface area contributed by atoms with Crippen LogP contribution in [-0.2, 0) is 17.9 Å². The third-order valence-electron chi connectivity index (χ3n) is 4.09. The molecule has 1 amide bonds. The minimum atomic E-state index is 0.146. The maximum atomic E-state index is 12.1. The molecule has 1 aliphatic heterocycles. The molecule has 0 aliphatic carbocycles. The number of nitrogens with one attached hydrogen (secondary N) is 1. The number of carbonyl (C=O) groups excluding carboxylic acids is 1. The number of rotatable bonds is 7. The molecular weight excluding hydrogens is 310 g/mol. The van der Waals surface area contributed by atoms with Gasteiger partial charge in [0.1, 0.15) is 12.7 Å². The number of hydrogen-bond donors (Lipinski definition) is 1. The summed E-state index contributed by atoms with van der Waals surface area (Å²) < 4.78 is 1.76. The first kappa shape index (κ1) is 16.1. The van der Waals surface area contributed by atoms with Crippen molar-refractivity contribution >= 4 is 17.2 Å². The number of piperidine rings is 1. The van der Waals surface area contributed by atoms with Crippen LogP contribution in [0.2, 0.25) is 0 Å². The summed E-state index contributed by atoms with van der Waals surface area (Å²) in [5.41, 5.74) is 0. The van der Waals surface area contributed by atoms with E-state index < -0.39 is 0 Å². The van der Waals surface area contributed by atoms with E-state index >= 15 is 0 Å². The van der Waals surface area contributed by atoms with Crippen LogP contribution in [0.3, 0.4) is 0 Å². The van der Waals surface area contributed by atoms with Crippen molar-refractivity contribution in [2.45, 2.75) is 44.8 Å². The summed E-state index contributed by atoms with van der Waals surface area (Å²) in [7, 11) is 0. The van der Waals surface area contributed by atoms with Gasteiger partial charge in [0.2, 0.25) is 5.91 Å². The van der Waals surface area contributed by atoms with Crippen molar-refractivity contribution in [3.63, 3.8) is 0 Å². The van der Waals surface area contributed by atoms with Crippen molar-refractivity contribution in [1.82, 2.24) is 25.0 Å². The van der Waals surface area contributed by atoms with Crippen molar-refractivity contribution in [2.75, 3.05) is 13.1 Å². The van der Waals surface area contributed by atoms with Crippen LogP contribution in [-0.4, -0.2) is 44.7 Å². The standard InChI is InChI=1S/C16H23N5OS/c22-16(6-2-8-21-13-17-12-18-21)19-14-4-1-7-20(10-14)11-15-5-3-9-23-15/h3,5,9,12-14H,1-2,4,6-8,10-11H2,(H,19,22). The lowest BCUT2D eigenvalue weighted by molar-refractivity contribution is -0.122. The highest BCUT2D eigenvalue weighted by atomic mass is 32.1. The number of thiophene rings is 1. The zero-order chi connectivity index (χ0) is 15.9. The van der Waals surface area contributed by atoms with E-state index in [1.165, 1.54) is 11.2 Å². The number of nitrogens with zero attached hydrogens (tertiary/aromatic N) is 4. The van der Waals surface area contributed by atoms with E-state index in [0.29, 0.717) is 6.42 Å². The van der Waals surface area contributed by atoms with Gasteiger partial charge in [0.15, 0.2) is 0 Å². The van der Waals surface area contributed by atoms with Crippen molar-refractivity contribution in [2.24, 2.45) is 0 Å². The molecule has 0 spiro atoms. The van der Waals surface area contributed by atoms with E-state index in [-0.39, 0.29) is 11.9 Å². The lowest BCUT2D eigenvalue weighted by Gasteiger charge is -2.32. The predicted molar refractivity (Wildman–Crippen MR) is 90.0 cm³/mol. The van der Waals surface area contributed by atoms with Crippen LogP contribution in [0.4, 0.5) is 0 Å². The quantitative estimate of drug-likeness (QED) is 0.841. The number of aryl methyl sites for hydroxylation is 1. The zero-order valence-electron chi connectivity index (χ0n) is 13.2. The lowest BCUT2D eigenvalue weighted by atomic mass is 10.1. The molecule has 0 radical (unpaired) electrons. The average Bonchev–Trinajstić information content (AvgIpc) is 3.21. The molecule has 124 valence electrons. The second-order valence-corrected chi connectivity index (χ2v) is 7.02. The van der Waals surface area contributed by atoms with E-state index in [2.05, 4.69) is 37.8 Å². The van der Waals surface area contributed by atoms with Crippen LogP contribution >= 0.6 is 11.3 Å². The topological polar surface area (TPSA) is 63.1 Å². The summed E-state index contributed by atoms with van der Waals surface area (Å²) in [5.74, 6) is 0.146. The fraction of sp³-hybridized carbons (Fsp3) is 0.562. The van der Waals surface area contributed by atoms with Crippen molar-refractivity contribution < 1.29 is 4.79 Å². The molecule has 3 heterocycles. The first-order valence-electron chi connectivity index (χ1n) is 8.16. The third-order valence-corrected chi connectivity index (χ3v) is 4.95. The van der Waals surface area contributed by atoms with Gasteiger partial charge < -0.3 is 5.32 Å². The molecule has 0 saturated carbocycles. The summed E-state index contributed by atoms with van der Waals surface area (Å²) >= 11 is 1.80. The van der Waals surface area contributed by atoms with E-state index in [0.717, 1.165) is 45.4 Å². The van der Waals surface area contributed by atoms with E-state index in [4.69, 9.17) is 0 Å². The number of likely N-dealkylation sites (tertiary alicyclic amines) is 1. The van der Waals surface area contributed by atoms with Crippen LogP contribution in [0.25, 0.3) is 0 Å². The van der Waals surface area contributed by atoms with Gasteiger partial charge >= 0.3 is 0 Å². The van der Waals surface area contributed by atoms with Crippen molar-refractivity contribution in [1.29, 1.82) is 0 Å². The fourth-order valence-electron chi connectivity index (χ4n) is 2.99. The Morgan fingerprint density at radius 1 is 1.48 bits per heavy atom. The van der Waals surface area contributed by atoms with Gasteiger partial charge in [-0.1, -0.05) is 6.07 Å². The lowest BCUT2D eigenvalue weighted by Crippen LogP contribution is -2.47. The first-order chi connectivity index (χ1) is 11.3. The minimum Gasteiger partial charge on any atom is -0.352 e. The van der Waals surface area contributed by atoms with Gasteiger partial charge in [-0.25, -0.2) is 4.98 Å². The highest BCUT2D eigenvalue weighted by molar-refractivity contribution is 7.09. The molecule has 0 bridgehead atoms. The Morgan fingerprint density at radius 3 is 3.22 bits per heavy atom. The van der Waals surface area contributed by atoms with Gasteiger partial charge in [0.25, 0.3) is 0 Å². The highest BCUT2D eigenvalue weighted by Gasteiger charge is 2.21. The Kier molecular flexibility index (Phi) is 5.76. The second kappa shape index (κ2) is 8.21. The second-order valence-electron chi connectivity index (χ2n) is 5.98. The summed E-state index contributed by atoms with van der Waals surface area (Å²) in [6.45, 7) is 3.81. The maximum Gasteiger partial charge on any atom is 0.220 e. The molecule has 6 nitrogen and oxygen atoms in total. The van der Waals surface area contributed by atoms with Crippen molar-refractivity contribution in [3.8, 4) is 0 Å². The van der Waals surface area contributed by atoms with Gasteiger partial charge in [0.05, 0.1) is 0 Å². The smallest absolute Gasteiger partial charge is 0.220 e.